The van der Waals surface area contributed by atoms with Crippen LogP contribution in [0.4, 0.5) is 0 Å². The highest BCUT2D eigenvalue weighted by Crippen LogP contribution is 2.35. The van der Waals surface area contributed by atoms with Crippen LogP contribution >= 0.6 is 23.2 Å². The van der Waals surface area contributed by atoms with Crippen LogP contribution in [-0.2, 0) is 6.42 Å². The monoisotopic (exact) mass is 273 g/mol. The predicted octanol–water partition coefficient (Wildman–Crippen LogP) is 4.42. The minimum absolute atomic E-state index is 0.184. The Morgan fingerprint density at radius 3 is 2.47 bits per heavy atom. The van der Waals surface area contributed by atoms with Crippen molar-refractivity contribution in [1.82, 2.24) is 5.32 Å². The van der Waals surface area contributed by atoms with Crippen molar-refractivity contribution in [3.05, 3.63) is 33.8 Å². The summed E-state index contributed by atoms with van der Waals surface area (Å²) in [6.07, 6.45) is 0.935. The highest BCUT2D eigenvalue weighted by Gasteiger charge is 2.28. The van der Waals surface area contributed by atoms with Crippen LogP contribution in [0.5, 0.6) is 0 Å². The smallest absolute Gasteiger partial charge is 0.0624 e. The molecule has 1 rings (SSSR count). The third-order valence-corrected chi connectivity index (χ3v) is 4.46. The van der Waals surface area contributed by atoms with Crippen molar-refractivity contribution in [3.8, 4) is 0 Å². The van der Waals surface area contributed by atoms with Crippen molar-refractivity contribution < 1.29 is 0 Å². The zero-order chi connectivity index (χ0) is 13.1. The minimum Gasteiger partial charge on any atom is -0.319 e. The summed E-state index contributed by atoms with van der Waals surface area (Å²) < 4.78 is 0. The topological polar surface area (TPSA) is 12.0 Å². The lowest BCUT2D eigenvalue weighted by atomic mass is 9.74. The molecule has 0 aliphatic rings. The van der Waals surface area contributed by atoms with Crippen LogP contribution in [0.3, 0.4) is 0 Å². The maximum absolute atomic E-state index is 6.25. The molecule has 1 aromatic carbocycles. The van der Waals surface area contributed by atoms with E-state index >= 15 is 0 Å². The molecule has 0 heterocycles. The molecule has 0 bridgehead atoms. The van der Waals surface area contributed by atoms with Crippen LogP contribution in [0.2, 0.25) is 10.0 Å². The van der Waals surface area contributed by atoms with E-state index in [0.717, 1.165) is 18.5 Å². The fraction of sp³-hybridized carbons (Fsp3) is 0.571. The van der Waals surface area contributed by atoms with Gasteiger partial charge in [-0.3, -0.25) is 0 Å². The molecule has 1 N–H and O–H groups in total. The summed E-state index contributed by atoms with van der Waals surface area (Å²) in [5.41, 5.74) is 1.31. The van der Waals surface area contributed by atoms with E-state index in [9.17, 15) is 0 Å². The number of hydrogen-bond donors (Lipinski definition) is 1. The molecule has 1 unspecified atom stereocenters. The summed E-state index contributed by atoms with van der Waals surface area (Å²) in [6.45, 7) is 7.74. The largest absolute Gasteiger partial charge is 0.319 e. The van der Waals surface area contributed by atoms with Gasteiger partial charge < -0.3 is 5.32 Å². The Morgan fingerprint density at radius 2 is 1.94 bits per heavy atom. The molecule has 1 nitrogen and oxygen atoms in total. The Bertz CT molecular complexity index is 376. The first kappa shape index (κ1) is 14.8. The molecular formula is C14H21Cl2N. The van der Waals surface area contributed by atoms with Crippen LogP contribution in [-0.4, -0.2) is 13.6 Å². The molecule has 0 saturated carbocycles. The van der Waals surface area contributed by atoms with Gasteiger partial charge in [0.1, 0.15) is 0 Å². The fourth-order valence-corrected chi connectivity index (χ4v) is 2.38. The first-order chi connectivity index (χ1) is 7.90. The van der Waals surface area contributed by atoms with Crippen molar-refractivity contribution in [3.63, 3.8) is 0 Å². The fourth-order valence-electron chi connectivity index (χ4n) is 1.99. The van der Waals surface area contributed by atoms with E-state index in [2.05, 4.69) is 32.2 Å². The predicted molar refractivity (Wildman–Crippen MR) is 77.0 cm³/mol. The van der Waals surface area contributed by atoms with Gasteiger partial charge in [-0.05, 0) is 36.4 Å². The van der Waals surface area contributed by atoms with Gasteiger partial charge in [-0.15, -0.1) is 0 Å². The highest BCUT2D eigenvalue weighted by atomic mass is 35.5. The molecule has 3 heteroatoms. The standard InChI is InChI=1S/C14H21Cl2N/c1-10(2)14(3,9-17-4)8-11-6-5-7-12(15)13(11)16/h5-7,10,17H,8-9H2,1-4H3. The quantitative estimate of drug-likeness (QED) is 0.838. The van der Waals surface area contributed by atoms with E-state index in [1.165, 1.54) is 0 Å². The lowest BCUT2D eigenvalue weighted by Gasteiger charge is -2.34. The summed E-state index contributed by atoms with van der Waals surface area (Å²) in [5.74, 6) is 0.574. The Morgan fingerprint density at radius 1 is 1.29 bits per heavy atom. The SMILES string of the molecule is CNCC(C)(Cc1cccc(Cl)c1Cl)C(C)C. The average molecular weight is 274 g/mol. The molecule has 0 fully saturated rings. The van der Waals surface area contributed by atoms with Gasteiger partial charge in [0.25, 0.3) is 0 Å². The van der Waals surface area contributed by atoms with Crippen LogP contribution < -0.4 is 5.32 Å². The van der Waals surface area contributed by atoms with E-state index < -0.39 is 0 Å². The normalized spacial score (nSPS) is 15.0. The number of nitrogens with one attached hydrogen (secondary N) is 1. The molecule has 1 atom stereocenters. The van der Waals surface area contributed by atoms with E-state index in [-0.39, 0.29) is 5.41 Å². The second-order valence-corrected chi connectivity index (χ2v) is 6.01. The Hall–Kier alpha value is -0.240. The van der Waals surface area contributed by atoms with Crippen molar-refractivity contribution in [2.45, 2.75) is 27.2 Å². The molecular weight excluding hydrogens is 253 g/mol. The molecule has 96 valence electrons. The maximum atomic E-state index is 6.25. The van der Waals surface area contributed by atoms with Crippen LogP contribution in [0, 0.1) is 11.3 Å². The van der Waals surface area contributed by atoms with Gasteiger partial charge in [-0.2, -0.15) is 0 Å². The van der Waals surface area contributed by atoms with Crippen molar-refractivity contribution in [2.75, 3.05) is 13.6 Å². The Kier molecular flexibility index (Phi) is 5.30. The van der Waals surface area contributed by atoms with Gasteiger partial charge >= 0.3 is 0 Å². The molecule has 0 aliphatic carbocycles. The summed E-state index contributed by atoms with van der Waals surface area (Å²) >= 11 is 12.3. The highest BCUT2D eigenvalue weighted by molar-refractivity contribution is 6.42. The summed E-state index contributed by atoms with van der Waals surface area (Å²) in [7, 11) is 1.99. The van der Waals surface area contributed by atoms with Gasteiger partial charge in [0.05, 0.1) is 10.0 Å². The van der Waals surface area contributed by atoms with Crippen LogP contribution in [0.1, 0.15) is 26.3 Å². The number of hydrogen-bond acceptors (Lipinski definition) is 1. The summed E-state index contributed by atoms with van der Waals surface area (Å²) in [5, 5.41) is 4.60. The number of halogens is 2. The molecule has 17 heavy (non-hydrogen) atoms. The van der Waals surface area contributed by atoms with Gasteiger partial charge in [0.15, 0.2) is 0 Å². The molecule has 1 aromatic rings. The van der Waals surface area contributed by atoms with E-state index in [0.29, 0.717) is 16.0 Å². The molecule has 0 amide bonds. The minimum atomic E-state index is 0.184. The zero-order valence-electron chi connectivity index (χ0n) is 11.0. The Balaban J connectivity index is 2.98. The second kappa shape index (κ2) is 6.08. The molecule has 0 aliphatic heterocycles. The van der Waals surface area contributed by atoms with E-state index in [1.54, 1.807) is 0 Å². The van der Waals surface area contributed by atoms with E-state index in [4.69, 9.17) is 23.2 Å². The first-order valence-corrected chi connectivity index (χ1v) is 6.74. The van der Waals surface area contributed by atoms with E-state index in [1.807, 2.05) is 19.2 Å². The van der Waals surface area contributed by atoms with Crippen molar-refractivity contribution in [1.29, 1.82) is 0 Å². The lowest BCUT2D eigenvalue weighted by molar-refractivity contribution is 0.212. The zero-order valence-corrected chi connectivity index (χ0v) is 12.5. The maximum Gasteiger partial charge on any atom is 0.0624 e. The van der Waals surface area contributed by atoms with Gasteiger partial charge in [-0.1, -0.05) is 56.1 Å². The summed E-state index contributed by atoms with van der Waals surface area (Å²) in [6, 6.07) is 5.85. The second-order valence-electron chi connectivity index (χ2n) is 5.23. The third kappa shape index (κ3) is 3.61. The molecule has 0 saturated heterocycles. The van der Waals surface area contributed by atoms with Gasteiger partial charge in [-0.25, -0.2) is 0 Å². The Labute approximate surface area is 115 Å². The van der Waals surface area contributed by atoms with Gasteiger partial charge in [0.2, 0.25) is 0 Å². The first-order valence-electron chi connectivity index (χ1n) is 5.98. The molecule has 0 radical (unpaired) electrons. The van der Waals surface area contributed by atoms with Crippen LogP contribution in [0.25, 0.3) is 0 Å². The summed E-state index contributed by atoms with van der Waals surface area (Å²) in [4.78, 5) is 0. The van der Waals surface area contributed by atoms with Crippen LogP contribution in [0.15, 0.2) is 18.2 Å². The van der Waals surface area contributed by atoms with Crippen molar-refractivity contribution >= 4 is 23.2 Å². The van der Waals surface area contributed by atoms with Crippen molar-refractivity contribution in [2.24, 2.45) is 11.3 Å². The number of benzene rings is 1. The molecule has 0 spiro atoms. The van der Waals surface area contributed by atoms with Gasteiger partial charge in [0, 0.05) is 6.54 Å². The third-order valence-electron chi connectivity index (χ3n) is 3.60. The average Bonchev–Trinajstić information content (AvgIpc) is 2.25. The number of rotatable bonds is 5. The molecule has 0 aromatic heterocycles. The lowest BCUT2D eigenvalue weighted by Crippen LogP contribution is -2.36.